The van der Waals surface area contributed by atoms with Gasteiger partial charge in [-0.1, -0.05) is 18.2 Å². The average Bonchev–Trinajstić information content (AvgIpc) is 2.80. The first kappa shape index (κ1) is 21.5. The number of nitrogens with zero attached hydrogens (tertiary/aromatic N) is 1. The highest BCUT2D eigenvalue weighted by molar-refractivity contribution is 6.05. The van der Waals surface area contributed by atoms with E-state index in [4.69, 9.17) is 0 Å². The van der Waals surface area contributed by atoms with Gasteiger partial charge in [-0.3, -0.25) is 9.59 Å². The zero-order valence-electron chi connectivity index (χ0n) is 17.4. The van der Waals surface area contributed by atoms with Gasteiger partial charge in [0.05, 0.1) is 5.69 Å². The number of halogens is 2. The van der Waals surface area contributed by atoms with E-state index < -0.39 is 11.6 Å². The first-order valence-corrected chi connectivity index (χ1v) is 10.5. The van der Waals surface area contributed by atoms with Gasteiger partial charge in [-0.25, -0.2) is 8.78 Å². The molecule has 4 rings (SSSR count). The molecule has 0 atom stereocenters. The normalized spacial score (nSPS) is 12.8. The standard InChI is InChI=1S/C25H23F2N3O2/c26-18-12-10-17(11-13-18)25(32)29-21-8-3-9-23-19(21)5-4-15-30(23)16-14-24(31)28-22-7-2-1-6-20(22)27/h1-3,6-13H,4-5,14-16H2,(H,28,31)(H,29,32). The van der Waals surface area contributed by atoms with Crippen molar-refractivity contribution in [1.82, 2.24) is 0 Å². The lowest BCUT2D eigenvalue weighted by atomic mass is 9.99. The van der Waals surface area contributed by atoms with Crippen LogP contribution >= 0.6 is 0 Å². The van der Waals surface area contributed by atoms with Gasteiger partial charge in [0.25, 0.3) is 5.91 Å². The van der Waals surface area contributed by atoms with Crippen molar-refractivity contribution >= 4 is 28.9 Å². The van der Waals surface area contributed by atoms with Crippen molar-refractivity contribution in [2.24, 2.45) is 0 Å². The van der Waals surface area contributed by atoms with E-state index in [0.717, 1.165) is 30.6 Å². The molecule has 164 valence electrons. The topological polar surface area (TPSA) is 61.4 Å². The smallest absolute Gasteiger partial charge is 0.255 e. The number of hydrogen-bond acceptors (Lipinski definition) is 3. The molecular formula is C25H23F2N3O2. The molecule has 2 amide bonds. The van der Waals surface area contributed by atoms with E-state index in [9.17, 15) is 18.4 Å². The molecule has 1 heterocycles. The van der Waals surface area contributed by atoms with Crippen LogP contribution in [-0.4, -0.2) is 24.9 Å². The van der Waals surface area contributed by atoms with Crippen LogP contribution in [0.2, 0.25) is 0 Å². The van der Waals surface area contributed by atoms with Crippen LogP contribution in [0.4, 0.5) is 25.8 Å². The van der Waals surface area contributed by atoms with Crippen LogP contribution in [0, 0.1) is 11.6 Å². The number of anilines is 3. The predicted molar refractivity (Wildman–Crippen MR) is 121 cm³/mol. The highest BCUT2D eigenvalue weighted by Crippen LogP contribution is 2.33. The minimum absolute atomic E-state index is 0.169. The first-order chi connectivity index (χ1) is 15.5. The van der Waals surface area contributed by atoms with E-state index in [1.165, 1.54) is 36.4 Å². The molecule has 0 spiro atoms. The average molecular weight is 435 g/mol. The number of rotatable bonds is 6. The van der Waals surface area contributed by atoms with Crippen LogP contribution in [0.15, 0.2) is 66.7 Å². The second-order valence-electron chi connectivity index (χ2n) is 7.63. The summed E-state index contributed by atoms with van der Waals surface area (Å²) in [4.78, 5) is 27.0. The van der Waals surface area contributed by atoms with Crippen LogP contribution in [0.3, 0.4) is 0 Å². The van der Waals surface area contributed by atoms with Gasteiger partial charge in [0.1, 0.15) is 11.6 Å². The maximum Gasteiger partial charge on any atom is 0.255 e. The number of carbonyl (C=O) groups excluding carboxylic acids is 2. The molecule has 0 saturated heterocycles. The molecule has 0 fully saturated rings. The van der Waals surface area contributed by atoms with E-state index in [-0.39, 0.29) is 23.9 Å². The summed E-state index contributed by atoms with van der Waals surface area (Å²) in [5, 5.41) is 5.53. The first-order valence-electron chi connectivity index (χ1n) is 10.5. The SMILES string of the molecule is O=C(CCN1CCCc2c(NC(=O)c3ccc(F)cc3)cccc21)Nc1ccccc1F. The molecule has 1 aliphatic rings. The van der Waals surface area contributed by atoms with Crippen LogP contribution in [0.1, 0.15) is 28.8 Å². The molecule has 1 aliphatic heterocycles. The largest absolute Gasteiger partial charge is 0.371 e. The summed E-state index contributed by atoms with van der Waals surface area (Å²) in [5.41, 5.74) is 3.22. The predicted octanol–water partition coefficient (Wildman–Crippen LogP) is 5.00. The third-order valence-electron chi connectivity index (χ3n) is 5.46. The van der Waals surface area contributed by atoms with Crippen molar-refractivity contribution in [1.29, 1.82) is 0 Å². The Hall–Kier alpha value is -3.74. The van der Waals surface area contributed by atoms with Crippen LogP contribution in [-0.2, 0) is 11.2 Å². The van der Waals surface area contributed by atoms with E-state index in [1.807, 2.05) is 18.2 Å². The molecule has 2 N–H and O–H groups in total. The number of hydrogen-bond donors (Lipinski definition) is 2. The molecular weight excluding hydrogens is 412 g/mol. The van der Waals surface area contributed by atoms with Gasteiger partial charge in [-0.05, 0) is 66.9 Å². The van der Waals surface area contributed by atoms with Crippen molar-refractivity contribution in [3.63, 3.8) is 0 Å². The number of benzene rings is 3. The molecule has 5 nitrogen and oxygen atoms in total. The molecule has 0 aromatic heterocycles. The summed E-state index contributed by atoms with van der Waals surface area (Å²) in [6.07, 6.45) is 1.89. The fourth-order valence-corrected chi connectivity index (χ4v) is 3.86. The maximum absolute atomic E-state index is 13.8. The molecule has 0 radical (unpaired) electrons. The Balaban J connectivity index is 1.43. The monoisotopic (exact) mass is 435 g/mol. The van der Waals surface area contributed by atoms with Crippen LogP contribution in [0.5, 0.6) is 0 Å². The van der Waals surface area contributed by atoms with Crippen LogP contribution in [0.25, 0.3) is 0 Å². The molecule has 3 aromatic rings. The lowest BCUT2D eigenvalue weighted by Gasteiger charge is -2.32. The van der Waals surface area contributed by atoms with Gasteiger partial charge in [-0.2, -0.15) is 0 Å². The lowest BCUT2D eigenvalue weighted by molar-refractivity contribution is -0.116. The van der Waals surface area contributed by atoms with Gasteiger partial charge in [-0.15, -0.1) is 0 Å². The third-order valence-corrected chi connectivity index (χ3v) is 5.46. The zero-order valence-corrected chi connectivity index (χ0v) is 17.4. The summed E-state index contributed by atoms with van der Waals surface area (Å²) in [7, 11) is 0. The number of fused-ring (bicyclic) bond motifs is 1. The van der Waals surface area contributed by atoms with Gasteiger partial charge < -0.3 is 15.5 Å². The fraction of sp³-hybridized carbons (Fsp3) is 0.200. The minimum atomic E-state index is -0.467. The number of para-hydroxylation sites is 1. The molecule has 0 unspecified atom stereocenters. The molecule has 3 aromatic carbocycles. The van der Waals surface area contributed by atoms with Crippen molar-refractivity contribution < 1.29 is 18.4 Å². The Bertz CT molecular complexity index is 1130. The Kier molecular flexibility index (Phi) is 6.44. The summed E-state index contributed by atoms with van der Waals surface area (Å²) >= 11 is 0. The molecule has 7 heteroatoms. The van der Waals surface area contributed by atoms with Gasteiger partial charge >= 0.3 is 0 Å². The molecule has 32 heavy (non-hydrogen) atoms. The molecule has 0 saturated carbocycles. The number of amides is 2. The van der Waals surface area contributed by atoms with Gasteiger partial charge in [0.2, 0.25) is 5.91 Å². The number of carbonyl (C=O) groups is 2. The zero-order chi connectivity index (χ0) is 22.5. The lowest BCUT2D eigenvalue weighted by Crippen LogP contribution is -2.33. The van der Waals surface area contributed by atoms with Crippen LogP contribution < -0.4 is 15.5 Å². The number of nitrogens with one attached hydrogen (secondary N) is 2. The Morgan fingerprint density at radius 3 is 2.41 bits per heavy atom. The summed E-state index contributed by atoms with van der Waals surface area (Å²) < 4.78 is 26.9. The molecule has 0 aliphatic carbocycles. The second-order valence-corrected chi connectivity index (χ2v) is 7.63. The fourth-order valence-electron chi connectivity index (χ4n) is 3.86. The van der Waals surface area contributed by atoms with Crippen molar-refractivity contribution in [2.75, 3.05) is 28.6 Å². The molecule has 0 bridgehead atoms. The Labute approximate surface area is 185 Å². The Morgan fingerprint density at radius 2 is 1.62 bits per heavy atom. The van der Waals surface area contributed by atoms with Gasteiger partial charge in [0, 0.05) is 36.4 Å². The van der Waals surface area contributed by atoms with Gasteiger partial charge in [0.15, 0.2) is 0 Å². The summed E-state index contributed by atoms with van der Waals surface area (Å²) in [6, 6.07) is 17.1. The highest BCUT2D eigenvalue weighted by atomic mass is 19.1. The minimum Gasteiger partial charge on any atom is -0.371 e. The van der Waals surface area contributed by atoms with Crippen molar-refractivity contribution in [3.05, 3.63) is 89.5 Å². The maximum atomic E-state index is 13.8. The third kappa shape index (κ3) is 4.94. The van der Waals surface area contributed by atoms with Crippen molar-refractivity contribution in [2.45, 2.75) is 19.3 Å². The van der Waals surface area contributed by atoms with E-state index in [0.29, 0.717) is 17.8 Å². The highest BCUT2D eigenvalue weighted by Gasteiger charge is 2.21. The second kappa shape index (κ2) is 9.60. The Morgan fingerprint density at radius 1 is 0.875 bits per heavy atom. The van der Waals surface area contributed by atoms with Crippen molar-refractivity contribution in [3.8, 4) is 0 Å². The van der Waals surface area contributed by atoms with E-state index in [1.54, 1.807) is 12.1 Å². The summed E-state index contributed by atoms with van der Waals surface area (Å²) in [6.45, 7) is 1.26. The quantitative estimate of drug-likeness (QED) is 0.573. The summed E-state index contributed by atoms with van der Waals surface area (Å²) in [5.74, 6) is -1.43. The van der Waals surface area contributed by atoms with E-state index in [2.05, 4.69) is 15.5 Å². The van der Waals surface area contributed by atoms with E-state index >= 15 is 0 Å².